The first kappa shape index (κ1) is 11.7. The second kappa shape index (κ2) is 4.09. The third kappa shape index (κ3) is 1.68. The van der Waals surface area contributed by atoms with Gasteiger partial charge in [0.2, 0.25) is 0 Å². The lowest BCUT2D eigenvalue weighted by atomic mass is 10.4. The number of hydrogen-bond donors (Lipinski definition) is 0. The molecule has 8 heteroatoms. The van der Waals surface area contributed by atoms with Crippen molar-refractivity contribution in [1.29, 1.82) is 0 Å². The van der Waals surface area contributed by atoms with Crippen molar-refractivity contribution in [2.45, 2.75) is 0 Å². The second-order valence-electron chi connectivity index (χ2n) is 3.99. The van der Waals surface area contributed by atoms with E-state index < -0.39 is 11.2 Å². The molecule has 0 aliphatic carbocycles. The normalized spacial score (nSPS) is 11.1. The van der Waals surface area contributed by atoms with Crippen molar-refractivity contribution in [3.63, 3.8) is 0 Å². The minimum atomic E-state index is -0.467. The number of fused-ring (bicyclic) bond motifs is 1. The first-order valence-corrected chi connectivity index (χ1v) is 6.32. The molecule has 0 unspecified atom stereocenters. The first-order chi connectivity index (χ1) is 9.09. The van der Waals surface area contributed by atoms with E-state index in [2.05, 4.69) is 15.2 Å². The largest absolute Gasteiger partial charge is 0.332 e. The second-order valence-corrected chi connectivity index (χ2v) is 4.94. The van der Waals surface area contributed by atoms with E-state index in [1.54, 1.807) is 0 Å². The van der Waals surface area contributed by atoms with E-state index in [-0.39, 0.29) is 11.2 Å². The molecule has 0 aliphatic rings. The zero-order valence-corrected chi connectivity index (χ0v) is 11.0. The molecule has 0 aromatic carbocycles. The van der Waals surface area contributed by atoms with Gasteiger partial charge in [0.25, 0.3) is 5.56 Å². The average molecular weight is 275 g/mol. The number of nitrogens with zero attached hydrogens (tertiary/aromatic N) is 5. The lowest BCUT2D eigenvalue weighted by Gasteiger charge is -2.05. The Morgan fingerprint density at radius 2 is 1.95 bits per heavy atom. The van der Waals surface area contributed by atoms with Gasteiger partial charge in [-0.05, 0) is 11.4 Å². The topological polar surface area (TPSA) is 82.7 Å². The minimum absolute atomic E-state index is 0.142. The molecule has 3 heterocycles. The number of aryl methyl sites for hydroxylation is 1. The van der Waals surface area contributed by atoms with Gasteiger partial charge in [-0.25, -0.2) is 9.78 Å². The predicted octanol–water partition coefficient (Wildman–Crippen LogP) is 0.151. The fraction of sp³-hybridized carbons (Fsp3) is 0.182. The number of hydrogen-bond acceptors (Lipinski definition) is 6. The van der Waals surface area contributed by atoms with Crippen LogP contribution in [0.15, 0.2) is 27.1 Å². The van der Waals surface area contributed by atoms with E-state index in [9.17, 15) is 9.59 Å². The highest BCUT2D eigenvalue weighted by atomic mass is 32.1. The fourth-order valence-corrected chi connectivity index (χ4v) is 2.41. The highest BCUT2D eigenvalue weighted by Crippen LogP contribution is 2.20. The molecule has 96 valence electrons. The molecule has 0 saturated carbocycles. The molecule has 0 bridgehead atoms. The SMILES string of the molecule is Cn1c(=O)c2nc(-c3cccs3)nnc2n(C)c1=O. The van der Waals surface area contributed by atoms with Crippen molar-refractivity contribution in [3.05, 3.63) is 38.4 Å². The summed E-state index contributed by atoms with van der Waals surface area (Å²) in [6.07, 6.45) is 0. The maximum Gasteiger partial charge on any atom is 0.332 e. The predicted molar refractivity (Wildman–Crippen MR) is 71.1 cm³/mol. The van der Waals surface area contributed by atoms with E-state index in [1.807, 2.05) is 17.5 Å². The monoisotopic (exact) mass is 275 g/mol. The molecular formula is C11H9N5O2S. The van der Waals surface area contributed by atoms with Gasteiger partial charge in [-0.3, -0.25) is 13.9 Å². The summed E-state index contributed by atoms with van der Waals surface area (Å²) >= 11 is 1.46. The Kier molecular flexibility index (Phi) is 2.53. The Balaban J connectivity index is 2.42. The van der Waals surface area contributed by atoms with Crippen molar-refractivity contribution in [3.8, 4) is 10.7 Å². The lowest BCUT2D eigenvalue weighted by Crippen LogP contribution is -2.37. The summed E-state index contributed by atoms with van der Waals surface area (Å²) in [5.74, 6) is 0.387. The Hall–Kier alpha value is -2.35. The van der Waals surface area contributed by atoms with Crippen LogP contribution >= 0.6 is 11.3 Å². The summed E-state index contributed by atoms with van der Waals surface area (Å²) in [6, 6.07) is 3.71. The van der Waals surface area contributed by atoms with Crippen LogP contribution in [-0.4, -0.2) is 24.3 Å². The quantitative estimate of drug-likeness (QED) is 0.631. The van der Waals surface area contributed by atoms with Crippen LogP contribution < -0.4 is 11.2 Å². The highest BCUT2D eigenvalue weighted by Gasteiger charge is 2.13. The van der Waals surface area contributed by atoms with Crippen LogP contribution in [0.1, 0.15) is 0 Å². The number of thiophene rings is 1. The Morgan fingerprint density at radius 3 is 2.63 bits per heavy atom. The van der Waals surface area contributed by atoms with Gasteiger partial charge in [0.15, 0.2) is 17.0 Å². The molecule has 0 fully saturated rings. The molecule has 3 aromatic heterocycles. The zero-order chi connectivity index (χ0) is 13.6. The molecule has 0 radical (unpaired) electrons. The molecule has 0 spiro atoms. The first-order valence-electron chi connectivity index (χ1n) is 5.44. The van der Waals surface area contributed by atoms with Gasteiger partial charge in [-0.15, -0.1) is 21.5 Å². The Morgan fingerprint density at radius 1 is 1.16 bits per heavy atom. The van der Waals surface area contributed by atoms with E-state index in [1.165, 1.54) is 30.0 Å². The van der Waals surface area contributed by atoms with E-state index in [0.29, 0.717) is 5.82 Å². The van der Waals surface area contributed by atoms with E-state index in [4.69, 9.17) is 0 Å². The molecule has 3 aromatic rings. The lowest BCUT2D eigenvalue weighted by molar-refractivity contribution is 0.698. The van der Waals surface area contributed by atoms with Crippen molar-refractivity contribution < 1.29 is 0 Å². The smallest absolute Gasteiger partial charge is 0.278 e. The maximum absolute atomic E-state index is 12.0. The van der Waals surface area contributed by atoms with Crippen molar-refractivity contribution in [1.82, 2.24) is 24.3 Å². The van der Waals surface area contributed by atoms with Crippen LogP contribution in [0, 0.1) is 0 Å². The molecular weight excluding hydrogens is 266 g/mol. The van der Waals surface area contributed by atoms with Crippen molar-refractivity contribution in [2.75, 3.05) is 0 Å². The molecule has 19 heavy (non-hydrogen) atoms. The van der Waals surface area contributed by atoms with Crippen LogP contribution in [0.3, 0.4) is 0 Å². The van der Waals surface area contributed by atoms with Crippen LogP contribution in [-0.2, 0) is 14.1 Å². The van der Waals surface area contributed by atoms with E-state index >= 15 is 0 Å². The molecule has 3 rings (SSSR count). The van der Waals surface area contributed by atoms with Gasteiger partial charge in [0.1, 0.15) is 0 Å². The standard InChI is InChI=1S/C11H9N5O2S/c1-15-9-7(10(17)16(2)11(15)18)12-8(13-14-9)6-4-3-5-19-6/h3-5H,1-2H3. The van der Waals surface area contributed by atoms with Gasteiger partial charge >= 0.3 is 5.69 Å². The summed E-state index contributed by atoms with van der Waals surface area (Å²) in [6.45, 7) is 0. The van der Waals surface area contributed by atoms with Crippen LogP contribution in [0.5, 0.6) is 0 Å². The minimum Gasteiger partial charge on any atom is -0.278 e. The van der Waals surface area contributed by atoms with E-state index in [0.717, 1.165) is 9.44 Å². The van der Waals surface area contributed by atoms with Crippen molar-refractivity contribution >= 4 is 22.5 Å². The summed E-state index contributed by atoms with van der Waals surface area (Å²) < 4.78 is 2.27. The number of aromatic nitrogens is 5. The Bertz CT molecular complexity index is 878. The van der Waals surface area contributed by atoms with Crippen LogP contribution in [0.25, 0.3) is 21.9 Å². The summed E-state index contributed by atoms with van der Waals surface area (Å²) in [7, 11) is 2.95. The molecule has 7 nitrogen and oxygen atoms in total. The molecule has 0 N–H and O–H groups in total. The van der Waals surface area contributed by atoms with Crippen molar-refractivity contribution in [2.24, 2.45) is 14.1 Å². The third-order valence-electron chi connectivity index (χ3n) is 2.81. The van der Waals surface area contributed by atoms with Gasteiger partial charge in [-0.2, -0.15) is 0 Å². The third-order valence-corrected chi connectivity index (χ3v) is 3.68. The maximum atomic E-state index is 12.0. The van der Waals surface area contributed by atoms with Gasteiger partial charge in [0, 0.05) is 14.1 Å². The summed E-state index contributed by atoms with van der Waals surface area (Å²) in [4.78, 5) is 28.8. The Labute approximate surface area is 110 Å². The zero-order valence-electron chi connectivity index (χ0n) is 10.2. The highest BCUT2D eigenvalue weighted by molar-refractivity contribution is 7.13. The summed E-state index contributed by atoms with van der Waals surface area (Å²) in [5, 5.41) is 9.80. The molecule has 0 saturated heterocycles. The molecule has 0 amide bonds. The van der Waals surface area contributed by atoms with Crippen LogP contribution in [0.4, 0.5) is 0 Å². The molecule has 0 atom stereocenters. The average Bonchev–Trinajstić information content (AvgIpc) is 2.96. The van der Waals surface area contributed by atoms with Gasteiger partial charge in [-0.1, -0.05) is 6.07 Å². The summed E-state index contributed by atoms with van der Waals surface area (Å²) in [5.41, 5.74) is -0.584. The van der Waals surface area contributed by atoms with Gasteiger partial charge < -0.3 is 0 Å². The number of rotatable bonds is 1. The van der Waals surface area contributed by atoms with Gasteiger partial charge in [0.05, 0.1) is 4.88 Å². The van der Waals surface area contributed by atoms with Crippen LogP contribution in [0.2, 0.25) is 0 Å². The molecule has 0 aliphatic heterocycles. The fourth-order valence-electron chi connectivity index (χ4n) is 1.76.